The summed E-state index contributed by atoms with van der Waals surface area (Å²) in [4.78, 5) is 65.4. The van der Waals surface area contributed by atoms with E-state index in [1.165, 1.54) is 60.9 Å². The van der Waals surface area contributed by atoms with Crippen LogP contribution in [0.5, 0.6) is 23.0 Å². The molecule has 10 aromatic heterocycles. The van der Waals surface area contributed by atoms with Crippen LogP contribution in [0.2, 0.25) is 10.0 Å². The lowest BCUT2D eigenvalue weighted by atomic mass is 10.2. The van der Waals surface area contributed by atoms with E-state index < -0.39 is 11.6 Å². The van der Waals surface area contributed by atoms with Gasteiger partial charge in [-0.25, -0.2) is 53.6 Å². The number of methoxy groups -OCH3 is 1. The number of para-hydroxylation sites is 6. The number of rotatable bonds is 34. The van der Waals surface area contributed by atoms with Gasteiger partial charge in [-0.1, -0.05) is 138 Å². The number of benzene rings is 9. The van der Waals surface area contributed by atoms with Crippen LogP contribution >= 0.6 is 23.2 Å². The van der Waals surface area contributed by atoms with Crippen LogP contribution in [0, 0.1) is 11.6 Å². The van der Waals surface area contributed by atoms with Crippen LogP contribution in [-0.2, 0) is 11.3 Å². The molecular weight excluding hydrogens is 1940 g/mol. The molecule has 0 radical (unpaired) electrons. The van der Waals surface area contributed by atoms with Crippen LogP contribution in [-0.4, -0.2) is 216 Å². The van der Waals surface area contributed by atoms with Crippen molar-refractivity contribution in [2.75, 3.05) is 169 Å². The van der Waals surface area contributed by atoms with Gasteiger partial charge in [0.15, 0.2) is 34.8 Å². The molecule has 1 fully saturated rings. The highest BCUT2D eigenvalue weighted by molar-refractivity contribution is 6.37. The second-order valence-corrected chi connectivity index (χ2v) is 33.1. The lowest BCUT2D eigenvalue weighted by Crippen LogP contribution is -2.36. The molecule has 0 unspecified atom stereocenters. The van der Waals surface area contributed by atoms with Crippen molar-refractivity contribution >= 4 is 151 Å². The third kappa shape index (κ3) is 28.7. The summed E-state index contributed by atoms with van der Waals surface area (Å²) < 4.78 is 57.5. The summed E-state index contributed by atoms with van der Waals surface area (Å²) in [5, 5.41) is 50.6. The molecule has 0 atom stereocenters. The van der Waals surface area contributed by atoms with Gasteiger partial charge >= 0.3 is 0 Å². The molecule has 45 nitrogen and oxygen atoms in total. The summed E-state index contributed by atoms with van der Waals surface area (Å²) in [6.45, 7) is 6.58. The van der Waals surface area contributed by atoms with E-state index in [1.54, 1.807) is 110 Å². The zero-order valence-electron chi connectivity index (χ0n) is 80.3. The maximum atomic E-state index is 14.2. The molecule has 19 aromatic rings. The molecule has 1 aliphatic rings. The van der Waals surface area contributed by atoms with Gasteiger partial charge in [-0.2, -0.15) is 48.3 Å². The fourth-order valence-electron chi connectivity index (χ4n) is 13.8. The number of ether oxygens (including phenoxy) is 4. The molecule has 1 saturated heterocycles. The highest BCUT2D eigenvalue weighted by Crippen LogP contribution is 2.38. The molecule has 0 aliphatic carbocycles. The third-order valence-corrected chi connectivity index (χ3v) is 21.5. The second kappa shape index (κ2) is 50.0. The van der Waals surface area contributed by atoms with Gasteiger partial charge in [0.05, 0.1) is 47.4 Å². The predicted octanol–water partition coefficient (Wildman–Crippen LogP) is 15.8. The normalized spacial score (nSPS) is 11.4. The quantitative estimate of drug-likeness (QED) is 0.0178. The van der Waals surface area contributed by atoms with Gasteiger partial charge in [-0.15, -0.1) is 25.5 Å². The van der Waals surface area contributed by atoms with Crippen molar-refractivity contribution in [2.45, 2.75) is 6.61 Å². The smallest absolute Gasteiger partial charge is 0.249 e. The van der Waals surface area contributed by atoms with E-state index >= 15 is 0 Å². The predicted molar refractivity (Wildman–Crippen MR) is 568 cm³/mol. The first-order valence-corrected chi connectivity index (χ1v) is 46.4. The number of morpholine rings is 1. The molecule has 0 amide bonds. The van der Waals surface area contributed by atoms with Crippen molar-refractivity contribution in [3.8, 4) is 52.1 Å². The molecular formula is C99H101Cl2F2N41O4. The Kier molecular flexibility index (Phi) is 34.4. The average Bonchev–Trinajstić information content (AvgIpc) is 1.70. The van der Waals surface area contributed by atoms with Crippen LogP contribution < -0.4 is 95.6 Å². The molecule has 49 heteroatoms. The molecule has 754 valence electrons. The Balaban J connectivity index is 0.000000133. The van der Waals surface area contributed by atoms with Crippen LogP contribution in [0.1, 0.15) is 5.56 Å². The van der Waals surface area contributed by atoms with E-state index in [-0.39, 0.29) is 59.0 Å². The topological polar surface area (TPSA) is 555 Å². The van der Waals surface area contributed by atoms with E-state index in [0.29, 0.717) is 117 Å². The van der Waals surface area contributed by atoms with Crippen molar-refractivity contribution in [1.82, 2.24) is 128 Å². The third-order valence-electron chi connectivity index (χ3n) is 20.9. The SMILES string of the molecule is CN(C)CCNc1cc(-n2nc(Nc3ccccc3F)nc2N)ncn1.COc1ccccc1Nc1nc(N)n(-c2cc(NCCN(C)C)ncn2)n1.Nc1nc(Nc2cc(N3CCOCC3)ccc2F)nn1-c1ccccn1.Nc1nc(Nc2cccc(OCc3ccccc3)c2)nn1-c1cc(Nc2ccccc2)ncn1.Nc1nc(Nc2cccc(Oc3c(Cl)cccc3Cl)c2)nn1-c1cc(Nc2ccccc2)ncn1. The van der Waals surface area contributed by atoms with Crippen LogP contribution in [0.15, 0.2) is 298 Å². The van der Waals surface area contributed by atoms with Crippen molar-refractivity contribution in [1.29, 1.82) is 0 Å². The number of anilines is 22. The molecule has 1 aliphatic heterocycles. The fourth-order valence-corrected chi connectivity index (χ4v) is 14.3. The molecule has 9 aromatic carbocycles. The summed E-state index contributed by atoms with van der Waals surface area (Å²) in [6.07, 6.45) is 7.38. The Labute approximate surface area is 856 Å². The minimum atomic E-state index is -0.406. The number of nitrogen functional groups attached to an aromatic ring is 5. The van der Waals surface area contributed by atoms with Gasteiger partial charge in [0, 0.05) is 110 Å². The Hall–Kier alpha value is -19.1. The number of nitrogens with two attached hydrogens (primary N) is 5. The van der Waals surface area contributed by atoms with E-state index in [2.05, 4.69) is 158 Å². The summed E-state index contributed by atoms with van der Waals surface area (Å²) in [6, 6.07) is 80.3. The van der Waals surface area contributed by atoms with E-state index in [4.69, 9.17) is 70.8 Å². The first kappa shape index (κ1) is 102. The van der Waals surface area contributed by atoms with Crippen molar-refractivity contribution in [3.63, 3.8) is 0 Å². The zero-order valence-corrected chi connectivity index (χ0v) is 81.8. The van der Waals surface area contributed by atoms with E-state index in [9.17, 15) is 8.78 Å². The van der Waals surface area contributed by atoms with Gasteiger partial charge in [-0.05, 0) is 149 Å². The molecule has 11 heterocycles. The molecule has 0 spiro atoms. The Bertz CT molecular complexity index is 7520. The van der Waals surface area contributed by atoms with Gasteiger partial charge in [0.25, 0.3) is 0 Å². The Morgan fingerprint density at radius 1 is 0.365 bits per heavy atom. The lowest BCUT2D eigenvalue weighted by molar-refractivity contribution is 0.122. The summed E-state index contributed by atoms with van der Waals surface area (Å²) in [5.41, 5.74) is 36.6. The molecule has 148 heavy (non-hydrogen) atoms. The van der Waals surface area contributed by atoms with Gasteiger partial charge in [-0.3, -0.25) is 0 Å². The highest BCUT2D eigenvalue weighted by Gasteiger charge is 2.22. The number of hydrogen-bond acceptors (Lipinski definition) is 40. The summed E-state index contributed by atoms with van der Waals surface area (Å²) in [5.74, 6) is 8.74. The number of halogens is 4. The van der Waals surface area contributed by atoms with Crippen molar-refractivity contribution in [2.24, 2.45) is 0 Å². The van der Waals surface area contributed by atoms with Gasteiger partial charge < -0.3 is 110 Å². The molecule has 19 N–H and O–H groups in total. The summed E-state index contributed by atoms with van der Waals surface area (Å²) in [7, 11) is 9.62. The molecule has 0 bridgehead atoms. The minimum absolute atomic E-state index is 0.127. The maximum Gasteiger partial charge on any atom is 0.249 e. The highest BCUT2D eigenvalue weighted by atomic mass is 35.5. The maximum absolute atomic E-state index is 14.2. The standard InChI is InChI=1S/C25H22N8O.C24H18Cl2N8O.C17H18FN7O.C17H23N9O.C16H20FN9/c26-24-31-25(30-20-12-7-13-21(14-20)34-16-18-8-3-1-4-9-18)32-33(24)23-15-22(27-17-28-23)29-19-10-5-2-6-11-19;25-18-10-5-11-19(26)22(18)35-17-9-4-8-16(12-17)31-24-32-23(27)34(33-24)21-13-20(28-14-29-21)30-15-6-2-1-3-7-15;18-13-5-4-12(24-7-9-26-10-8-24)11-14(13)21-17-22-16(19)25(23-17)15-3-1-2-6-20-15;1-25(2)9-8-19-14-10-15(21-11-20-14)26-16(18)23-17(24-26)22-12-6-4-5-7-13(12)27-3;1-25(2)8-7-19-13-9-14(21-10-20-13)26-15(18)23-16(24-26)22-12-6-4-3-5-11(12)17/h1-15,17H,16H2,(H,27,28,29)(H3,26,30,31,32);1-14H,(H,28,29,30)(H3,27,31,32,33);1-6,11H,7-10H2,(H3,19,21,22,23);4-7,10-11H,8-9H2,1-3H3,(H,19,20,21)(H3,18,22,23,24);3-6,9-10H,7-8H2,1-2H3,(H,19,20,21)(H3,18,22,23,24). The minimum Gasteiger partial charge on any atom is -0.495 e. The number of likely N-dealkylation sites (N-methyl/N-ethyl adjacent to an activating group) is 2. The van der Waals surface area contributed by atoms with Gasteiger partial charge in [0.2, 0.25) is 59.5 Å². The Morgan fingerprint density at radius 3 is 1.24 bits per heavy atom. The number of hydrogen-bond donors (Lipinski definition) is 14. The number of nitrogens with one attached hydrogen (secondary N) is 9. The van der Waals surface area contributed by atoms with Crippen LogP contribution in [0.3, 0.4) is 0 Å². The first-order valence-electron chi connectivity index (χ1n) is 45.7. The van der Waals surface area contributed by atoms with Gasteiger partial charge in [0.1, 0.15) is 84.1 Å². The van der Waals surface area contributed by atoms with Crippen molar-refractivity contribution < 1.29 is 27.7 Å². The first-order chi connectivity index (χ1) is 72.1. The number of aromatic nitrogens is 24. The van der Waals surface area contributed by atoms with Crippen LogP contribution in [0.25, 0.3) is 29.1 Å². The lowest BCUT2D eigenvalue weighted by Gasteiger charge is -2.29. The van der Waals surface area contributed by atoms with Crippen molar-refractivity contribution in [3.05, 3.63) is 326 Å². The van der Waals surface area contributed by atoms with E-state index in [0.717, 1.165) is 79.0 Å². The second-order valence-electron chi connectivity index (χ2n) is 32.3. The summed E-state index contributed by atoms with van der Waals surface area (Å²) >= 11 is 12.4. The van der Waals surface area contributed by atoms with Crippen LogP contribution in [0.4, 0.5) is 137 Å². The average molecular weight is 2040 g/mol. The largest absolute Gasteiger partial charge is 0.495 e. The van der Waals surface area contributed by atoms with E-state index in [1.807, 2.05) is 186 Å². The number of nitrogens with zero attached hydrogens (tertiary/aromatic N) is 27. The number of pyridine rings is 1. The Morgan fingerprint density at radius 2 is 0.764 bits per heavy atom. The fraction of sp³-hybridized carbons (Fsp3) is 0.141. The monoisotopic (exact) mass is 2040 g/mol. The zero-order chi connectivity index (χ0) is 103. The molecule has 0 saturated carbocycles. The molecule has 20 rings (SSSR count).